The molecule has 0 aromatic carbocycles. The van der Waals surface area contributed by atoms with Crippen LogP contribution in [0, 0.1) is 5.41 Å². The molecule has 3 heteroatoms. The van der Waals surface area contributed by atoms with Crippen molar-refractivity contribution in [3.63, 3.8) is 0 Å². The highest BCUT2D eigenvalue weighted by atomic mass is 16.5. The quantitative estimate of drug-likeness (QED) is 0.637. The Balaban J connectivity index is 4.46. The lowest BCUT2D eigenvalue weighted by atomic mass is 9.92. The van der Waals surface area contributed by atoms with Crippen molar-refractivity contribution in [2.45, 2.75) is 47.1 Å². The molecule has 0 aliphatic carbocycles. The van der Waals surface area contributed by atoms with Gasteiger partial charge in [0.25, 0.3) is 0 Å². The molecule has 0 rings (SSSR count). The summed E-state index contributed by atoms with van der Waals surface area (Å²) in [6.45, 7) is 12.1. The summed E-state index contributed by atoms with van der Waals surface area (Å²) in [5.41, 5.74) is -0.422. The van der Waals surface area contributed by atoms with E-state index in [-0.39, 0.29) is 5.97 Å². The van der Waals surface area contributed by atoms with E-state index in [1.54, 1.807) is 0 Å². The largest absolute Gasteiger partial charge is 0.469 e. The van der Waals surface area contributed by atoms with Gasteiger partial charge in [-0.25, -0.2) is 0 Å². The molecule has 90 valence electrons. The van der Waals surface area contributed by atoms with Gasteiger partial charge in [0.1, 0.15) is 0 Å². The van der Waals surface area contributed by atoms with Crippen molar-refractivity contribution >= 4 is 5.97 Å². The molecule has 0 amide bonds. The molecule has 15 heavy (non-hydrogen) atoms. The number of esters is 1. The maximum atomic E-state index is 11.5. The van der Waals surface area contributed by atoms with Crippen LogP contribution in [0.1, 0.15) is 41.0 Å². The molecular formula is C12H25NO2. The van der Waals surface area contributed by atoms with Gasteiger partial charge >= 0.3 is 5.97 Å². The minimum Gasteiger partial charge on any atom is -0.469 e. The van der Waals surface area contributed by atoms with Crippen molar-refractivity contribution in [1.82, 2.24) is 4.90 Å². The van der Waals surface area contributed by atoms with E-state index in [0.29, 0.717) is 6.04 Å². The molecule has 1 atom stereocenters. The average Bonchev–Trinajstić information content (AvgIpc) is 2.23. The standard InChI is InChI=1S/C12H25NO2/c1-7-10(3)13(8-2)9-12(4,5)11(14)15-6/h10H,7-9H2,1-6H3. The fraction of sp³-hybridized carbons (Fsp3) is 0.917. The zero-order valence-electron chi connectivity index (χ0n) is 11.0. The number of hydrogen-bond acceptors (Lipinski definition) is 3. The van der Waals surface area contributed by atoms with E-state index in [0.717, 1.165) is 19.5 Å². The summed E-state index contributed by atoms with van der Waals surface area (Å²) < 4.78 is 4.81. The van der Waals surface area contributed by atoms with Crippen molar-refractivity contribution in [3.8, 4) is 0 Å². The zero-order valence-corrected chi connectivity index (χ0v) is 11.0. The van der Waals surface area contributed by atoms with Crippen LogP contribution in [0.25, 0.3) is 0 Å². The molecule has 0 saturated heterocycles. The van der Waals surface area contributed by atoms with E-state index in [1.165, 1.54) is 7.11 Å². The molecule has 1 unspecified atom stereocenters. The lowest BCUT2D eigenvalue weighted by Gasteiger charge is -2.33. The van der Waals surface area contributed by atoms with E-state index < -0.39 is 5.41 Å². The Morgan fingerprint density at radius 3 is 2.27 bits per heavy atom. The highest BCUT2D eigenvalue weighted by Gasteiger charge is 2.31. The molecule has 0 N–H and O–H groups in total. The van der Waals surface area contributed by atoms with Crippen molar-refractivity contribution in [2.24, 2.45) is 5.41 Å². The van der Waals surface area contributed by atoms with E-state index in [4.69, 9.17) is 4.74 Å². The van der Waals surface area contributed by atoms with Gasteiger partial charge in [0, 0.05) is 12.6 Å². The Bertz CT molecular complexity index is 202. The Kier molecular flexibility index (Phi) is 5.88. The summed E-state index contributed by atoms with van der Waals surface area (Å²) in [4.78, 5) is 13.9. The molecule has 0 radical (unpaired) electrons. The van der Waals surface area contributed by atoms with Crippen LogP contribution in [0.3, 0.4) is 0 Å². The number of carbonyl (C=O) groups excluding carboxylic acids is 1. The molecule has 0 spiro atoms. The number of ether oxygens (including phenoxy) is 1. The number of rotatable bonds is 6. The molecule has 0 heterocycles. The maximum Gasteiger partial charge on any atom is 0.312 e. The molecule has 0 fully saturated rings. The molecule has 0 bridgehead atoms. The van der Waals surface area contributed by atoms with Gasteiger partial charge in [0.2, 0.25) is 0 Å². The van der Waals surface area contributed by atoms with Crippen LogP contribution in [0.4, 0.5) is 0 Å². The normalized spacial score (nSPS) is 14.1. The Morgan fingerprint density at radius 2 is 1.93 bits per heavy atom. The van der Waals surface area contributed by atoms with Gasteiger partial charge in [0.15, 0.2) is 0 Å². The van der Waals surface area contributed by atoms with Gasteiger partial charge in [0.05, 0.1) is 12.5 Å². The highest BCUT2D eigenvalue weighted by Crippen LogP contribution is 2.20. The first kappa shape index (κ1) is 14.4. The Morgan fingerprint density at radius 1 is 1.40 bits per heavy atom. The SMILES string of the molecule is CCC(C)N(CC)CC(C)(C)C(=O)OC. The lowest BCUT2D eigenvalue weighted by molar-refractivity contribution is -0.152. The zero-order chi connectivity index (χ0) is 12.1. The van der Waals surface area contributed by atoms with E-state index in [2.05, 4.69) is 25.7 Å². The Labute approximate surface area is 93.8 Å². The van der Waals surface area contributed by atoms with Crippen LogP contribution in [-0.2, 0) is 9.53 Å². The average molecular weight is 215 g/mol. The van der Waals surface area contributed by atoms with E-state index >= 15 is 0 Å². The maximum absolute atomic E-state index is 11.5. The topological polar surface area (TPSA) is 29.5 Å². The third kappa shape index (κ3) is 4.20. The summed E-state index contributed by atoms with van der Waals surface area (Å²) >= 11 is 0. The van der Waals surface area contributed by atoms with Crippen LogP contribution in [-0.4, -0.2) is 37.1 Å². The number of nitrogens with zero attached hydrogens (tertiary/aromatic N) is 1. The minimum absolute atomic E-state index is 0.135. The van der Waals surface area contributed by atoms with Gasteiger partial charge in [-0.15, -0.1) is 0 Å². The van der Waals surface area contributed by atoms with Crippen LogP contribution in [0.5, 0.6) is 0 Å². The van der Waals surface area contributed by atoms with E-state index in [1.807, 2.05) is 13.8 Å². The number of carbonyl (C=O) groups is 1. The van der Waals surface area contributed by atoms with Crippen LogP contribution >= 0.6 is 0 Å². The molecule has 0 saturated carbocycles. The van der Waals surface area contributed by atoms with Crippen molar-refractivity contribution in [2.75, 3.05) is 20.2 Å². The van der Waals surface area contributed by atoms with Crippen LogP contribution < -0.4 is 0 Å². The van der Waals surface area contributed by atoms with Gasteiger partial charge < -0.3 is 4.74 Å². The second-order valence-electron chi connectivity index (χ2n) is 4.70. The monoisotopic (exact) mass is 215 g/mol. The van der Waals surface area contributed by atoms with Gasteiger partial charge in [-0.3, -0.25) is 9.69 Å². The van der Waals surface area contributed by atoms with Crippen LogP contribution in [0.2, 0.25) is 0 Å². The fourth-order valence-corrected chi connectivity index (χ4v) is 1.69. The first-order valence-electron chi connectivity index (χ1n) is 5.71. The number of methoxy groups -OCH3 is 1. The molecule has 0 aromatic heterocycles. The minimum atomic E-state index is -0.422. The molecular weight excluding hydrogens is 190 g/mol. The molecule has 0 aliphatic rings. The van der Waals surface area contributed by atoms with Gasteiger partial charge in [-0.1, -0.05) is 13.8 Å². The number of hydrogen-bond donors (Lipinski definition) is 0. The molecule has 0 aromatic rings. The van der Waals surface area contributed by atoms with Crippen molar-refractivity contribution in [3.05, 3.63) is 0 Å². The van der Waals surface area contributed by atoms with Crippen molar-refractivity contribution in [1.29, 1.82) is 0 Å². The van der Waals surface area contributed by atoms with E-state index in [9.17, 15) is 4.79 Å². The first-order chi connectivity index (χ1) is 6.88. The third-order valence-corrected chi connectivity index (χ3v) is 2.96. The lowest BCUT2D eigenvalue weighted by Crippen LogP contribution is -2.43. The summed E-state index contributed by atoms with van der Waals surface area (Å²) in [5.74, 6) is -0.135. The first-order valence-corrected chi connectivity index (χ1v) is 5.71. The highest BCUT2D eigenvalue weighted by molar-refractivity contribution is 5.76. The summed E-state index contributed by atoms with van der Waals surface area (Å²) in [7, 11) is 1.45. The molecule has 0 aliphatic heterocycles. The second kappa shape index (κ2) is 6.11. The Hall–Kier alpha value is -0.570. The van der Waals surface area contributed by atoms with Crippen LogP contribution in [0.15, 0.2) is 0 Å². The third-order valence-electron chi connectivity index (χ3n) is 2.96. The predicted molar refractivity (Wildman–Crippen MR) is 62.8 cm³/mol. The predicted octanol–water partition coefficient (Wildman–Crippen LogP) is 2.31. The summed E-state index contributed by atoms with van der Waals surface area (Å²) in [6.07, 6.45) is 1.10. The smallest absolute Gasteiger partial charge is 0.312 e. The molecule has 3 nitrogen and oxygen atoms in total. The fourth-order valence-electron chi connectivity index (χ4n) is 1.69. The summed E-state index contributed by atoms with van der Waals surface area (Å²) in [5, 5.41) is 0. The van der Waals surface area contributed by atoms with Gasteiger partial charge in [-0.05, 0) is 33.7 Å². The second-order valence-corrected chi connectivity index (χ2v) is 4.70. The van der Waals surface area contributed by atoms with Crippen molar-refractivity contribution < 1.29 is 9.53 Å². The van der Waals surface area contributed by atoms with Gasteiger partial charge in [-0.2, -0.15) is 0 Å². The summed E-state index contributed by atoms with van der Waals surface area (Å²) in [6, 6.07) is 0.513.